The van der Waals surface area contributed by atoms with Crippen LogP contribution in [0.3, 0.4) is 0 Å². The Bertz CT molecular complexity index is 473. The molecular weight excluding hydrogens is 261 g/mol. The first-order valence-electron chi connectivity index (χ1n) is 4.56. The summed E-state index contributed by atoms with van der Waals surface area (Å²) in [5.41, 5.74) is 2.32. The molecule has 0 spiro atoms. The van der Waals surface area contributed by atoms with E-state index in [-0.39, 0.29) is 0 Å². The Morgan fingerprint density at radius 2 is 2.07 bits per heavy atom. The van der Waals surface area contributed by atoms with Crippen LogP contribution in [0, 0.1) is 0 Å². The molecule has 0 atom stereocenters. The molecule has 0 aliphatic rings. The second-order valence-electron chi connectivity index (χ2n) is 3.70. The molecule has 3 heteroatoms. The molecule has 0 unspecified atom stereocenters. The van der Waals surface area contributed by atoms with E-state index in [1.165, 1.54) is 11.1 Å². The lowest BCUT2D eigenvalue weighted by Crippen LogP contribution is -1.86. The third-order valence-electron chi connectivity index (χ3n) is 2.30. The number of aromatic nitrogens is 1. The number of fused-ring (bicyclic) bond motifs is 1. The van der Waals surface area contributed by atoms with Crippen LogP contribution in [0.15, 0.2) is 22.7 Å². The molecule has 0 saturated heterocycles. The van der Waals surface area contributed by atoms with Gasteiger partial charge < -0.3 is 4.98 Å². The Hall–Kier alpha value is -0.470. The van der Waals surface area contributed by atoms with Gasteiger partial charge >= 0.3 is 0 Å². The van der Waals surface area contributed by atoms with Gasteiger partial charge in [0.05, 0.1) is 0 Å². The van der Waals surface area contributed by atoms with E-state index in [9.17, 15) is 0 Å². The van der Waals surface area contributed by atoms with Gasteiger partial charge in [-0.15, -0.1) is 0 Å². The van der Waals surface area contributed by atoms with Crippen molar-refractivity contribution in [3.8, 4) is 0 Å². The smallest absolute Gasteiger partial charge is 0.0482 e. The second-order valence-corrected chi connectivity index (χ2v) is 4.93. The van der Waals surface area contributed by atoms with Crippen LogP contribution in [0.4, 0.5) is 0 Å². The van der Waals surface area contributed by atoms with Crippen molar-refractivity contribution < 1.29 is 0 Å². The SMILES string of the molecule is CC(C)c1[nH]c2cc(Cl)ccc2c1Br. The van der Waals surface area contributed by atoms with Crippen molar-refractivity contribution in [3.63, 3.8) is 0 Å². The van der Waals surface area contributed by atoms with Gasteiger partial charge in [0.2, 0.25) is 0 Å². The highest BCUT2D eigenvalue weighted by molar-refractivity contribution is 9.10. The van der Waals surface area contributed by atoms with E-state index >= 15 is 0 Å². The van der Waals surface area contributed by atoms with Crippen molar-refractivity contribution in [2.45, 2.75) is 19.8 Å². The second kappa shape index (κ2) is 3.59. The van der Waals surface area contributed by atoms with Crippen molar-refractivity contribution in [3.05, 3.63) is 33.4 Å². The predicted octanol–water partition coefficient (Wildman–Crippen LogP) is 4.71. The molecule has 0 saturated carbocycles. The summed E-state index contributed by atoms with van der Waals surface area (Å²) in [5.74, 6) is 0.482. The standard InChI is InChI=1S/C11H11BrClN/c1-6(2)11-10(12)8-4-3-7(13)5-9(8)14-11/h3-6,14H,1-2H3. The highest BCUT2D eigenvalue weighted by atomic mass is 79.9. The molecule has 1 heterocycles. The van der Waals surface area contributed by atoms with Gasteiger partial charge in [0.1, 0.15) is 0 Å². The average Bonchev–Trinajstić information content (AvgIpc) is 2.43. The topological polar surface area (TPSA) is 15.8 Å². The molecule has 0 aliphatic heterocycles. The van der Waals surface area contributed by atoms with Gasteiger partial charge in [0.15, 0.2) is 0 Å². The predicted molar refractivity (Wildman–Crippen MR) is 65.1 cm³/mol. The van der Waals surface area contributed by atoms with E-state index < -0.39 is 0 Å². The van der Waals surface area contributed by atoms with Crippen LogP contribution in [-0.2, 0) is 0 Å². The summed E-state index contributed by atoms with van der Waals surface area (Å²) in [5, 5.41) is 1.96. The fourth-order valence-corrected chi connectivity index (χ4v) is 2.63. The van der Waals surface area contributed by atoms with E-state index in [2.05, 4.69) is 34.8 Å². The molecule has 1 N–H and O–H groups in total. The third-order valence-corrected chi connectivity index (χ3v) is 3.39. The van der Waals surface area contributed by atoms with Gasteiger partial charge in [-0.25, -0.2) is 0 Å². The molecule has 0 bridgehead atoms. The van der Waals surface area contributed by atoms with E-state index in [4.69, 9.17) is 11.6 Å². The summed E-state index contributed by atoms with van der Waals surface area (Å²) in [4.78, 5) is 3.37. The summed E-state index contributed by atoms with van der Waals surface area (Å²) in [6.07, 6.45) is 0. The summed E-state index contributed by atoms with van der Waals surface area (Å²) >= 11 is 9.53. The first kappa shape index (κ1) is 10.1. The van der Waals surface area contributed by atoms with Crippen molar-refractivity contribution in [2.75, 3.05) is 0 Å². The number of nitrogens with one attached hydrogen (secondary N) is 1. The van der Waals surface area contributed by atoms with Crippen LogP contribution in [0.2, 0.25) is 5.02 Å². The zero-order valence-electron chi connectivity index (χ0n) is 8.07. The highest BCUT2D eigenvalue weighted by Crippen LogP contribution is 2.33. The van der Waals surface area contributed by atoms with Crippen LogP contribution >= 0.6 is 27.5 Å². The highest BCUT2D eigenvalue weighted by Gasteiger charge is 2.11. The van der Waals surface area contributed by atoms with Crippen LogP contribution in [0.5, 0.6) is 0 Å². The molecule has 0 amide bonds. The number of hydrogen-bond acceptors (Lipinski definition) is 0. The van der Waals surface area contributed by atoms with E-state index in [0.717, 1.165) is 15.0 Å². The lowest BCUT2D eigenvalue weighted by molar-refractivity contribution is 0.831. The Labute approximate surface area is 96.6 Å². The molecule has 2 aromatic rings. The maximum absolute atomic E-state index is 5.92. The van der Waals surface area contributed by atoms with Crippen LogP contribution in [-0.4, -0.2) is 4.98 Å². The first-order valence-corrected chi connectivity index (χ1v) is 5.73. The van der Waals surface area contributed by atoms with Crippen LogP contribution < -0.4 is 0 Å². The fraction of sp³-hybridized carbons (Fsp3) is 0.273. The summed E-state index contributed by atoms with van der Waals surface area (Å²) < 4.78 is 1.15. The normalized spacial score (nSPS) is 11.5. The number of H-pyrrole nitrogens is 1. The van der Waals surface area contributed by atoms with E-state index in [1.807, 2.05) is 18.2 Å². The Balaban J connectivity index is 2.73. The zero-order valence-corrected chi connectivity index (χ0v) is 10.4. The largest absolute Gasteiger partial charge is 0.357 e. The van der Waals surface area contributed by atoms with Gasteiger partial charge in [-0.3, -0.25) is 0 Å². The molecule has 1 aromatic heterocycles. The summed E-state index contributed by atoms with van der Waals surface area (Å²) in [7, 11) is 0. The monoisotopic (exact) mass is 271 g/mol. The first-order chi connectivity index (χ1) is 6.59. The number of rotatable bonds is 1. The molecule has 1 nitrogen and oxygen atoms in total. The molecular formula is C11H11BrClN. The molecule has 1 aromatic carbocycles. The molecule has 74 valence electrons. The van der Waals surface area contributed by atoms with Crippen molar-refractivity contribution in [1.29, 1.82) is 0 Å². The molecule has 14 heavy (non-hydrogen) atoms. The minimum atomic E-state index is 0.482. The molecule has 2 rings (SSSR count). The minimum Gasteiger partial charge on any atom is -0.357 e. The number of benzene rings is 1. The van der Waals surface area contributed by atoms with Crippen molar-refractivity contribution in [2.24, 2.45) is 0 Å². The van der Waals surface area contributed by atoms with Gasteiger partial charge in [0.25, 0.3) is 0 Å². The molecule has 0 fully saturated rings. The van der Waals surface area contributed by atoms with Gasteiger partial charge in [-0.1, -0.05) is 31.5 Å². The van der Waals surface area contributed by atoms with Crippen LogP contribution in [0.1, 0.15) is 25.5 Å². The number of hydrogen-bond donors (Lipinski definition) is 1. The van der Waals surface area contributed by atoms with Crippen LogP contribution in [0.25, 0.3) is 10.9 Å². The fourth-order valence-electron chi connectivity index (χ4n) is 1.55. The van der Waals surface area contributed by atoms with E-state index in [1.54, 1.807) is 0 Å². The number of aromatic amines is 1. The zero-order chi connectivity index (χ0) is 10.3. The van der Waals surface area contributed by atoms with Crippen molar-refractivity contribution in [1.82, 2.24) is 4.98 Å². The maximum Gasteiger partial charge on any atom is 0.0482 e. The number of halogens is 2. The molecule has 0 radical (unpaired) electrons. The van der Waals surface area contributed by atoms with Gasteiger partial charge in [0, 0.05) is 26.1 Å². The molecule has 0 aliphatic carbocycles. The Morgan fingerprint density at radius 3 is 2.71 bits per heavy atom. The maximum atomic E-state index is 5.92. The Morgan fingerprint density at radius 1 is 1.36 bits per heavy atom. The van der Waals surface area contributed by atoms with Crippen molar-refractivity contribution >= 4 is 38.4 Å². The quantitative estimate of drug-likeness (QED) is 0.774. The van der Waals surface area contributed by atoms with Gasteiger partial charge in [-0.2, -0.15) is 0 Å². The summed E-state index contributed by atoms with van der Waals surface area (Å²) in [6.45, 7) is 4.33. The Kier molecular flexibility index (Phi) is 2.58. The van der Waals surface area contributed by atoms with E-state index in [0.29, 0.717) is 5.92 Å². The summed E-state index contributed by atoms with van der Waals surface area (Å²) in [6, 6.07) is 5.89. The lowest BCUT2D eigenvalue weighted by Gasteiger charge is -2.00. The average molecular weight is 273 g/mol. The van der Waals surface area contributed by atoms with Gasteiger partial charge in [-0.05, 0) is 34.0 Å². The third kappa shape index (κ3) is 1.57. The minimum absolute atomic E-state index is 0.482. The lowest BCUT2D eigenvalue weighted by atomic mass is 10.1.